The molecular weight excluding hydrogens is 633 g/mol. The van der Waals surface area contributed by atoms with Crippen molar-refractivity contribution in [3.05, 3.63) is 226 Å². The molecule has 51 heavy (non-hydrogen) atoms. The molecule has 1 spiro atoms. The second-order valence-electron chi connectivity index (χ2n) is 14.3. The Hall–Kier alpha value is -6.02. The Morgan fingerprint density at radius 1 is 0.314 bits per heavy atom. The molecule has 0 N–H and O–H groups in total. The van der Waals surface area contributed by atoms with Crippen LogP contribution in [0.25, 0.3) is 53.6 Å². The van der Waals surface area contributed by atoms with Crippen LogP contribution in [-0.2, 0) is 10.8 Å². The number of thiophene rings is 1. The van der Waals surface area contributed by atoms with Crippen molar-refractivity contribution in [1.82, 2.24) is 0 Å². The van der Waals surface area contributed by atoms with E-state index in [2.05, 4.69) is 182 Å². The molecule has 0 radical (unpaired) electrons. The van der Waals surface area contributed by atoms with Gasteiger partial charge in [-0.15, -0.1) is 11.3 Å². The van der Waals surface area contributed by atoms with Crippen molar-refractivity contribution in [2.75, 3.05) is 0 Å². The van der Waals surface area contributed by atoms with Crippen LogP contribution in [0, 0.1) is 0 Å². The van der Waals surface area contributed by atoms with E-state index in [1.807, 2.05) is 11.3 Å². The molecule has 2 unspecified atom stereocenters. The third kappa shape index (κ3) is 3.23. The van der Waals surface area contributed by atoms with Crippen molar-refractivity contribution in [3.63, 3.8) is 0 Å². The maximum atomic E-state index is 2.45. The van der Waals surface area contributed by atoms with E-state index < -0.39 is 10.8 Å². The van der Waals surface area contributed by atoms with Crippen LogP contribution < -0.4 is 0 Å². The molecule has 0 saturated carbocycles. The Morgan fingerprint density at radius 3 is 1.63 bits per heavy atom. The zero-order valence-electron chi connectivity index (χ0n) is 27.7. The minimum atomic E-state index is -0.517. The lowest BCUT2D eigenvalue weighted by Gasteiger charge is -2.48. The monoisotopic (exact) mass is 662 g/mol. The molecule has 0 fully saturated rings. The fraction of sp³-hybridized carbons (Fsp3) is 0.0400. The standard InChI is InChI=1S/C50H30S/c1-2-14-32(15-3-1)49-40-22-7-4-17-35(40)38-21-13-26-44(48(38)49)50(43-25-10-9-24-42(43)49)41-23-8-5-16-34(41)37-20-12-19-33(47(37)50)31-28-29-46-39(30-31)36-18-6-11-27-45(36)51-46/h1-30H. The van der Waals surface area contributed by atoms with Gasteiger partial charge in [-0.2, -0.15) is 0 Å². The van der Waals surface area contributed by atoms with Gasteiger partial charge in [-0.05, 0) is 96.1 Å². The van der Waals surface area contributed by atoms with Crippen LogP contribution in [-0.4, -0.2) is 0 Å². The van der Waals surface area contributed by atoms with Crippen LogP contribution in [0.3, 0.4) is 0 Å². The summed E-state index contributed by atoms with van der Waals surface area (Å²) in [5, 5.41) is 2.66. The molecule has 3 aliphatic carbocycles. The molecule has 1 heterocycles. The maximum Gasteiger partial charge on any atom is 0.0726 e. The molecule has 0 aliphatic heterocycles. The molecule has 2 atom stereocenters. The first-order chi connectivity index (χ1) is 25.3. The molecule has 3 aliphatic rings. The molecule has 8 aromatic carbocycles. The Balaban J connectivity index is 1.27. The van der Waals surface area contributed by atoms with Gasteiger partial charge in [0.1, 0.15) is 0 Å². The SMILES string of the molecule is c1ccc(C23c4ccccc4-c4cccc(c42)C2(c4ccccc4-c4cccc(-c5ccc6sc7ccccc7c6c5)c42)c2ccccc23)cc1. The molecule has 236 valence electrons. The van der Waals surface area contributed by atoms with E-state index in [-0.39, 0.29) is 0 Å². The van der Waals surface area contributed by atoms with Crippen molar-refractivity contribution < 1.29 is 0 Å². The first-order valence-corrected chi connectivity index (χ1v) is 18.7. The summed E-state index contributed by atoms with van der Waals surface area (Å²) >= 11 is 1.88. The predicted molar refractivity (Wildman–Crippen MR) is 213 cm³/mol. The Bertz CT molecular complexity index is 2930. The maximum absolute atomic E-state index is 2.45. The highest BCUT2D eigenvalue weighted by Crippen LogP contribution is 2.69. The lowest BCUT2D eigenvalue weighted by atomic mass is 9.52. The van der Waals surface area contributed by atoms with Gasteiger partial charge in [-0.25, -0.2) is 0 Å². The second kappa shape index (κ2) is 9.82. The summed E-state index contributed by atoms with van der Waals surface area (Å²) in [5.74, 6) is 0. The highest BCUT2D eigenvalue weighted by molar-refractivity contribution is 7.25. The molecule has 0 nitrogen and oxygen atoms in total. The van der Waals surface area contributed by atoms with Gasteiger partial charge in [0.05, 0.1) is 10.8 Å². The summed E-state index contributed by atoms with van der Waals surface area (Å²) in [6, 6.07) is 69.2. The van der Waals surface area contributed by atoms with Gasteiger partial charge in [0, 0.05) is 20.2 Å². The van der Waals surface area contributed by atoms with Crippen LogP contribution >= 0.6 is 11.3 Å². The van der Waals surface area contributed by atoms with Gasteiger partial charge in [-0.1, -0.05) is 164 Å². The van der Waals surface area contributed by atoms with Gasteiger partial charge < -0.3 is 0 Å². The van der Waals surface area contributed by atoms with Crippen molar-refractivity contribution in [2.45, 2.75) is 10.8 Å². The minimum Gasteiger partial charge on any atom is -0.135 e. The smallest absolute Gasteiger partial charge is 0.0726 e. The summed E-state index contributed by atoms with van der Waals surface area (Å²) in [4.78, 5) is 0. The predicted octanol–water partition coefficient (Wildman–Crippen LogP) is 12.8. The number of hydrogen-bond acceptors (Lipinski definition) is 1. The third-order valence-corrected chi connectivity index (χ3v) is 13.3. The van der Waals surface area contributed by atoms with E-state index in [0.717, 1.165) is 0 Å². The van der Waals surface area contributed by atoms with Crippen LogP contribution in [0.5, 0.6) is 0 Å². The molecule has 1 heteroatoms. The summed E-state index contributed by atoms with van der Waals surface area (Å²) < 4.78 is 2.67. The zero-order chi connectivity index (χ0) is 33.3. The number of fused-ring (bicyclic) bond motifs is 15. The van der Waals surface area contributed by atoms with Crippen LogP contribution in [0.1, 0.15) is 44.5 Å². The van der Waals surface area contributed by atoms with E-state index in [9.17, 15) is 0 Å². The highest BCUT2D eigenvalue weighted by atomic mass is 32.1. The average Bonchev–Trinajstić information content (AvgIpc) is 3.83. The summed E-state index contributed by atoms with van der Waals surface area (Å²) in [7, 11) is 0. The first-order valence-electron chi connectivity index (χ1n) is 17.9. The topological polar surface area (TPSA) is 0 Å². The van der Waals surface area contributed by atoms with Crippen molar-refractivity contribution >= 4 is 31.5 Å². The molecule has 0 bridgehead atoms. The summed E-state index contributed by atoms with van der Waals surface area (Å²) in [5.41, 5.74) is 18.0. The molecular formula is C50H30S. The fourth-order valence-corrected chi connectivity index (χ4v) is 11.5. The number of rotatable bonds is 2. The van der Waals surface area contributed by atoms with Crippen molar-refractivity contribution in [2.24, 2.45) is 0 Å². The van der Waals surface area contributed by atoms with Gasteiger partial charge in [0.25, 0.3) is 0 Å². The minimum absolute atomic E-state index is 0.438. The summed E-state index contributed by atoms with van der Waals surface area (Å²) in [6.07, 6.45) is 0. The van der Waals surface area contributed by atoms with Gasteiger partial charge in [-0.3, -0.25) is 0 Å². The van der Waals surface area contributed by atoms with Crippen LogP contribution in [0.2, 0.25) is 0 Å². The Morgan fingerprint density at radius 2 is 0.843 bits per heavy atom. The van der Waals surface area contributed by atoms with E-state index in [1.165, 1.54) is 98.1 Å². The number of benzene rings is 8. The highest BCUT2D eigenvalue weighted by Gasteiger charge is 2.60. The Kier molecular flexibility index (Phi) is 5.34. The van der Waals surface area contributed by atoms with Crippen molar-refractivity contribution in [3.8, 4) is 33.4 Å². The average molecular weight is 663 g/mol. The quantitative estimate of drug-likeness (QED) is 0.173. The Labute approximate surface area is 300 Å². The molecule has 1 aromatic heterocycles. The van der Waals surface area contributed by atoms with E-state index in [4.69, 9.17) is 0 Å². The first kappa shape index (κ1) is 27.8. The van der Waals surface area contributed by atoms with Gasteiger partial charge in [0.15, 0.2) is 0 Å². The van der Waals surface area contributed by atoms with Crippen LogP contribution in [0.4, 0.5) is 0 Å². The normalized spacial score (nSPS) is 18.7. The van der Waals surface area contributed by atoms with Crippen molar-refractivity contribution in [1.29, 1.82) is 0 Å². The third-order valence-electron chi connectivity index (χ3n) is 12.2. The zero-order valence-corrected chi connectivity index (χ0v) is 28.5. The fourth-order valence-electron chi connectivity index (χ4n) is 10.4. The molecule has 0 amide bonds. The van der Waals surface area contributed by atoms with E-state index in [1.54, 1.807) is 0 Å². The molecule has 0 saturated heterocycles. The second-order valence-corrected chi connectivity index (χ2v) is 15.4. The van der Waals surface area contributed by atoms with Crippen LogP contribution in [0.15, 0.2) is 182 Å². The van der Waals surface area contributed by atoms with E-state index in [0.29, 0.717) is 0 Å². The van der Waals surface area contributed by atoms with Gasteiger partial charge >= 0.3 is 0 Å². The lowest BCUT2D eigenvalue weighted by Crippen LogP contribution is -2.43. The summed E-state index contributed by atoms with van der Waals surface area (Å²) in [6.45, 7) is 0. The van der Waals surface area contributed by atoms with E-state index >= 15 is 0 Å². The lowest BCUT2D eigenvalue weighted by molar-refractivity contribution is 0.637. The molecule has 9 aromatic rings. The molecule has 12 rings (SSSR count). The van der Waals surface area contributed by atoms with Gasteiger partial charge in [0.2, 0.25) is 0 Å². The number of hydrogen-bond donors (Lipinski definition) is 0. The largest absolute Gasteiger partial charge is 0.135 e.